The minimum absolute atomic E-state index is 0.0740. The van der Waals surface area contributed by atoms with Gasteiger partial charge >= 0.3 is 0 Å². The summed E-state index contributed by atoms with van der Waals surface area (Å²) in [6.45, 7) is 3.18. The molecule has 4 rings (SSSR count). The summed E-state index contributed by atoms with van der Waals surface area (Å²) in [6.07, 6.45) is 10.4. The van der Waals surface area contributed by atoms with Gasteiger partial charge in [-0.25, -0.2) is 4.98 Å². The van der Waals surface area contributed by atoms with Crippen LogP contribution >= 0.6 is 11.3 Å². The fourth-order valence-corrected chi connectivity index (χ4v) is 4.74. The van der Waals surface area contributed by atoms with Crippen molar-refractivity contribution in [2.75, 3.05) is 13.1 Å². The molecule has 1 aliphatic heterocycles. The van der Waals surface area contributed by atoms with Crippen molar-refractivity contribution in [2.24, 2.45) is 12.5 Å². The molecule has 1 saturated heterocycles. The highest BCUT2D eigenvalue weighted by Gasteiger charge is 2.48. The van der Waals surface area contributed by atoms with Crippen LogP contribution in [0.4, 0.5) is 0 Å². The highest BCUT2D eigenvalue weighted by atomic mass is 32.1. The van der Waals surface area contributed by atoms with E-state index in [1.54, 1.807) is 11.3 Å². The van der Waals surface area contributed by atoms with Crippen molar-refractivity contribution in [3.05, 3.63) is 40.6 Å². The zero-order valence-corrected chi connectivity index (χ0v) is 14.9. The maximum atomic E-state index is 12.4. The Bertz CT molecular complexity index is 700. The van der Waals surface area contributed by atoms with Crippen molar-refractivity contribution in [3.63, 3.8) is 0 Å². The highest BCUT2D eigenvalue weighted by molar-refractivity contribution is 7.09. The smallest absolute Gasteiger partial charge is 0.253 e. The van der Waals surface area contributed by atoms with E-state index in [2.05, 4.69) is 15.2 Å². The number of aromatic nitrogens is 2. The molecule has 1 aliphatic carbocycles. The second-order valence-corrected chi connectivity index (χ2v) is 8.17. The predicted octanol–water partition coefficient (Wildman–Crippen LogP) is 2.66. The Labute approximate surface area is 146 Å². The summed E-state index contributed by atoms with van der Waals surface area (Å²) in [5.74, 6) is 0.0740. The normalized spacial score (nSPS) is 23.1. The number of likely N-dealkylation sites (tertiary alicyclic amines) is 1. The Kier molecular flexibility index (Phi) is 4.18. The van der Waals surface area contributed by atoms with Gasteiger partial charge in [0.15, 0.2) is 0 Å². The average molecular weight is 344 g/mol. The van der Waals surface area contributed by atoms with Crippen molar-refractivity contribution in [2.45, 2.75) is 38.3 Å². The molecule has 5 nitrogen and oxygen atoms in total. The van der Waals surface area contributed by atoms with Gasteiger partial charge in [-0.05, 0) is 50.3 Å². The average Bonchev–Trinajstić information content (AvgIpc) is 3.24. The molecule has 2 aromatic heterocycles. The molecule has 0 aromatic carbocycles. The second-order valence-electron chi connectivity index (χ2n) is 7.19. The molecular weight excluding hydrogens is 320 g/mol. The van der Waals surface area contributed by atoms with Crippen LogP contribution in [-0.4, -0.2) is 39.5 Å². The fraction of sp³-hybridized carbons (Fsp3) is 0.556. The third-order valence-corrected chi connectivity index (χ3v) is 6.53. The first kappa shape index (κ1) is 15.8. The molecule has 128 valence electrons. The van der Waals surface area contributed by atoms with Gasteiger partial charge in [0, 0.05) is 37.1 Å². The van der Waals surface area contributed by atoms with Crippen LogP contribution in [0.2, 0.25) is 0 Å². The lowest BCUT2D eigenvalue weighted by molar-refractivity contribution is -0.00711. The number of nitrogens with zero attached hydrogens (tertiary/aromatic N) is 3. The van der Waals surface area contributed by atoms with Crippen molar-refractivity contribution in [3.8, 4) is 0 Å². The molecule has 1 saturated carbocycles. The van der Waals surface area contributed by atoms with Crippen molar-refractivity contribution < 1.29 is 4.79 Å². The van der Waals surface area contributed by atoms with Crippen LogP contribution < -0.4 is 5.32 Å². The quantitative estimate of drug-likeness (QED) is 0.928. The minimum Gasteiger partial charge on any atom is -0.356 e. The lowest BCUT2D eigenvalue weighted by Crippen LogP contribution is -2.59. The molecule has 1 N–H and O–H groups in total. The molecule has 24 heavy (non-hydrogen) atoms. The summed E-state index contributed by atoms with van der Waals surface area (Å²) in [6, 6.07) is 2.23. The molecule has 2 aromatic rings. The van der Waals surface area contributed by atoms with E-state index in [1.165, 1.54) is 24.3 Å². The number of piperidine rings is 1. The Morgan fingerprint density at radius 1 is 1.42 bits per heavy atom. The Balaban J connectivity index is 1.32. The van der Waals surface area contributed by atoms with Crippen LogP contribution in [0.25, 0.3) is 0 Å². The minimum atomic E-state index is 0.0740. The van der Waals surface area contributed by atoms with Gasteiger partial charge in [0.05, 0.1) is 12.1 Å². The third kappa shape index (κ3) is 3.00. The molecule has 1 amide bonds. The second kappa shape index (κ2) is 6.33. The van der Waals surface area contributed by atoms with Crippen molar-refractivity contribution in [1.29, 1.82) is 0 Å². The van der Waals surface area contributed by atoms with Crippen molar-refractivity contribution >= 4 is 17.2 Å². The number of aryl methyl sites for hydroxylation is 1. The standard InChI is InChI=1S/C18H24N4OS/c1-21-8-3-14(12-21)17(23)20-15-2-4-18(15)5-9-22(10-6-18)13-16-19-7-11-24-16/h3,7-8,11-12,15H,2,4-6,9-10,13H2,1H3,(H,20,23)/t15-/m0/s1. The van der Waals surface area contributed by atoms with Crippen LogP contribution in [0.1, 0.15) is 41.0 Å². The number of nitrogens with one attached hydrogen (secondary N) is 1. The van der Waals surface area contributed by atoms with Crippen LogP contribution in [0.3, 0.4) is 0 Å². The van der Waals surface area contributed by atoms with E-state index in [0.717, 1.165) is 31.6 Å². The molecule has 2 fully saturated rings. The van der Waals surface area contributed by atoms with Gasteiger partial charge in [-0.15, -0.1) is 11.3 Å². The maximum absolute atomic E-state index is 12.4. The summed E-state index contributed by atoms with van der Waals surface area (Å²) in [7, 11) is 1.94. The number of amides is 1. The highest BCUT2D eigenvalue weighted by Crippen LogP contribution is 2.49. The van der Waals surface area contributed by atoms with Crippen LogP contribution in [0, 0.1) is 5.41 Å². The van der Waals surface area contributed by atoms with Gasteiger partial charge in [0.2, 0.25) is 0 Å². The topological polar surface area (TPSA) is 50.2 Å². The summed E-state index contributed by atoms with van der Waals surface area (Å²) in [5, 5.41) is 6.53. The Morgan fingerprint density at radius 3 is 2.83 bits per heavy atom. The zero-order valence-electron chi connectivity index (χ0n) is 14.1. The summed E-state index contributed by atoms with van der Waals surface area (Å²) < 4.78 is 1.92. The number of carbonyl (C=O) groups excluding carboxylic acids is 1. The van der Waals surface area contributed by atoms with Gasteiger partial charge in [-0.2, -0.15) is 0 Å². The number of rotatable bonds is 4. The van der Waals surface area contributed by atoms with E-state index in [9.17, 15) is 4.79 Å². The molecule has 2 aliphatic rings. The van der Waals surface area contributed by atoms with Gasteiger partial charge < -0.3 is 9.88 Å². The Hall–Kier alpha value is -1.66. The SMILES string of the molecule is Cn1ccc(C(=O)N[C@H]2CCC23CCN(Cc2nccs2)CC3)c1. The van der Waals surface area contributed by atoms with Gasteiger partial charge in [0.25, 0.3) is 5.91 Å². The molecule has 0 radical (unpaired) electrons. The van der Waals surface area contributed by atoms with Crippen LogP contribution in [0.15, 0.2) is 30.0 Å². The Morgan fingerprint density at radius 2 is 2.25 bits per heavy atom. The predicted molar refractivity (Wildman–Crippen MR) is 95.0 cm³/mol. The monoisotopic (exact) mass is 344 g/mol. The molecule has 6 heteroatoms. The number of hydrogen-bond acceptors (Lipinski definition) is 4. The molecule has 1 atom stereocenters. The molecular formula is C18H24N4OS. The number of hydrogen-bond donors (Lipinski definition) is 1. The van der Waals surface area contributed by atoms with E-state index in [4.69, 9.17) is 0 Å². The fourth-order valence-electron chi connectivity index (χ4n) is 4.08. The summed E-state index contributed by atoms with van der Waals surface area (Å²) in [4.78, 5) is 19.3. The van der Waals surface area contributed by atoms with E-state index in [-0.39, 0.29) is 5.91 Å². The first-order valence-corrected chi connectivity index (χ1v) is 9.56. The lowest BCUT2D eigenvalue weighted by atomic mass is 9.59. The van der Waals surface area contributed by atoms with E-state index in [0.29, 0.717) is 11.5 Å². The van der Waals surface area contributed by atoms with Gasteiger partial charge in [-0.1, -0.05) is 0 Å². The zero-order chi connectivity index (χ0) is 16.6. The first-order valence-electron chi connectivity index (χ1n) is 8.68. The van der Waals surface area contributed by atoms with Crippen LogP contribution in [0.5, 0.6) is 0 Å². The molecule has 1 spiro atoms. The molecule has 0 unspecified atom stereocenters. The van der Waals surface area contributed by atoms with Gasteiger partial charge in [-0.3, -0.25) is 9.69 Å². The van der Waals surface area contributed by atoms with Crippen LogP contribution in [-0.2, 0) is 13.6 Å². The first-order chi connectivity index (χ1) is 11.6. The number of carbonyl (C=O) groups is 1. The third-order valence-electron chi connectivity index (χ3n) is 5.76. The van der Waals surface area contributed by atoms with Crippen molar-refractivity contribution in [1.82, 2.24) is 19.8 Å². The largest absolute Gasteiger partial charge is 0.356 e. The van der Waals surface area contributed by atoms with E-state index < -0.39 is 0 Å². The molecule has 3 heterocycles. The maximum Gasteiger partial charge on any atom is 0.253 e. The molecule has 0 bridgehead atoms. The number of thiazole rings is 1. The van der Waals surface area contributed by atoms with Gasteiger partial charge in [0.1, 0.15) is 5.01 Å². The summed E-state index contributed by atoms with van der Waals surface area (Å²) in [5.41, 5.74) is 1.09. The van der Waals surface area contributed by atoms with E-state index in [1.807, 2.05) is 41.7 Å². The lowest BCUT2D eigenvalue weighted by Gasteiger charge is -2.54. The van der Waals surface area contributed by atoms with E-state index >= 15 is 0 Å². The summed E-state index contributed by atoms with van der Waals surface area (Å²) >= 11 is 1.73.